The molecule has 0 bridgehead atoms. The van der Waals surface area contributed by atoms with E-state index in [1.165, 1.54) is 19.4 Å². The quantitative estimate of drug-likeness (QED) is 0.687. The lowest BCUT2D eigenvalue weighted by atomic mass is 10.0. The van der Waals surface area contributed by atoms with Gasteiger partial charge in [-0.25, -0.2) is 0 Å². The van der Waals surface area contributed by atoms with E-state index in [1.807, 2.05) is 0 Å². The smallest absolute Gasteiger partial charge is 0.0733 e. The van der Waals surface area contributed by atoms with Crippen LogP contribution in [-0.4, -0.2) is 29.0 Å². The number of rotatable bonds is 6. The Balaban J connectivity index is 2.45. The van der Waals surface area contributed by atoms with E-state index in [1.54, 1.807) is 0 Å². The molecule has 0 aromatic rings. The molecule has 0 radical (unpaired) electrons. The lowest BCUT2D eigenvalue weighted by Crippen LogP contribution is -2.37. The van der Waals surface area contributed by atoms with E-state index in [9.17, 15) is 0 Å². The molecule has 1 aliphatic rings. The molecule has 0 amide bonds. The third-order valence-electron chi connectivity index (χ3n) is 3.18. The summed E-state index contributed by atoms with van der Waals surface area (Å²) in [5, 5.41) is 0. The highest BCUT2D eigenvalue weighted by Crippen LogP contribution is 2.49. The fraction of sp³-hybridized carbons (Fsp3) is 0.909. The van der Waals surface area contributed by atoms with Crippen molar-refractivity contribution in [1.29, 1.82) is 0 Å². The van der Waals surface area contributed by atoms with Gasteiger partial charge in [0.1, 0.15) is 0 Å². The molecule has 1 rings (SSSR count). The van der Waals surface area contributed by atoms with Gasteiger partial charge in [0.05, 0.1) is 4.99 Å². The average Bonchev–Trinajstić information content (AvgIpc) is 2.79. The second-order valence-corrected chi connectivity index (χ2v) is 5.32. The van der Waals surface area contributed by atoms with Crippen LogP contribution >= 0.6 is 12.2 Å². The van der Waals surface area contributed by atoms with Gasteiger partial charge in [-0.3, -0.25) is 0 Å². The summed E-state index contributed by atoms with van der Waals surface area (Å²) in [5.41, 5.74) is 6.06. The zero-order valence-electron chi connectivity index (χ0n) is 9.55. The van der Waals surface area contributed by atoms with Crippen LogP contribution in [0.1, 0.15) is 40.0 Å². The highest BCUT2D eigenvalue weighted by Gasteiger charge is 2.44. The van der Waals surface area contributed by atoms with Gasteiger partial charge in [0, 0.05) is 19.0 Å². The number of nitrogens with zero attached hydrogens (tertiary/aromatic N) is 1. The summed E-state index contributed by atoms with van der Waals surface area (Å²) < 4.78 is 0. The van der Waals surface area contributed by atoms with Crippen molar-refractivity contribution in [3.05, 3.63) is 0 Å². The van der Waals surface area contributed by atoms with Crippen LogP contribution in [-0.2, 0) is 0 Å². The first-order valence-corrected chi connectivity index (χ1v) is 5.92. The first-order valence-electron chi connectivity index (χ1n) is 5.51. The maximum absolute atomic E-state index is 5.62. The van der Waals surface area contributed by atoms with Crippen molar-refractivity contribution in [3.8, 4) is 0 Å². The summed E-state index contributed by atoms with van der Waals surface area (Å²) in [6, 6.07) is 0.629. The molecule has 0 aromatic heterocycles. The monoisotopic (exact) mass is 214 g/mol. The van der Waals surface area contributed by atoms with Crippen molar-refractivity contribution in [2.24, 2.45) is 11.1 Å². The van der Waals surface area contributed by atoms with Gasteiger partial charge >= 0.3 is 0 Å². The average molecular weight is 214 g/mol. The molecule has 0 saturated heterocycles. The van der Waals surface area contributed by atoms with Crippen LogP contribution < -0.4 is 5.73 Å². The van der Waals surface area contributed by atoms with E-state index in [0.29, 0.717) is 16.4 Å². The number of thiocarbonyl (C=S) groups is 1. The van der Waals surface area contributed by atoms with Crippen molar-refractivity contribution in [2.75, 3.05) is 13.1 Å². The summed E-state index contributed by atoms with van der Waals surface area (Å²) in [5.74, 6) is 0. The van der Waals surface area contributed by atoms with Crippen LogP contribution in [0.4, 0.5) is 0 Å². The topological polar surface area (TPSA) is 29.3 Å². The van der Waals surface area contributed by atoms with Crippen molar-refractivity contribution >= 4 is 17.2 Å². The summed E-state index contributed by atoms with van der Waals surface area (Å²) in [6.45, 7) is 9.01. The molecule has 0 spiro atoms. The second-order valence-electron chi connectivity index (χ2n) is 4.80. The van der Waals surface area contributed by atoms with Gasteiger partial charge in [-0.1, -0.05) is 19.1 Å². The van der Waals surface area contributed by atoms with Gasteiger partial charge in [-0.15, -0.1) is 0 Å². The molecule has 2 nitrogen and oxygen atoms in total. The molecule has 1 fully saturated rings. The molecule has 0 aromatic carbocycles. The standard InChI is InChI=1S/C11H22N2S/c1-4-13(9(2)3)8-11(5-6-11)7-10(12)14/h9H,4-8H2,1-3H3,(H2,12,14). The van der Waals surface area contributed by atoms with Crippen LogP contribution in [0.5, 0.6) is 0 Å². The Morgan fingerprint density at radius 2 is 2.07 bits per heavy atom. The molecule has 2 N–H and O–H groups in total. The highest BCUT2D eigenvalue weighted by molar-refractivity contribution is 7.80. The number of nitrogens with two attached hydrogens (primary N) is 1. The van der Waals surface area contributed by atoms with Crippen molar-refractivity contribution < 1.29 is 0 Å². The Morgan fingerprint density at radius 3 is 2.36 bits per heavy atom. The highest BCUT2D eigenvalue weighted by atomic mass is 32.1. The van der Waals surface area contributed by atoms with E-state index in [4.69, 9.17) is 18.0 Å². The molecule has 0 heterocycles. The molecule has 3 heteroatoms. The minimum absolute atomic E-state index is 0.437. The van der Waals surface area contributed by atoms with Crippen LogP contribution in [0.25, 0.3) is 0 Å². The van der Waals surface area contributed by atoms with Crippen LogP contribution in [0, 0.1) is 5.41 Å². The summed E-state index contributed by atoms with van der Waals surface area (Å²) in [4.78, 5) is 3.19. The van der Waals surface area contributed by atoms with Gasteiger partial charge in [0.25, 0.3) is 0 Å². The number of hydrogen-bond acceptors (Lipinski definition) is 2. The lowest BCUT2D eigenvalue weighted by Gasteiger charge is -2.29. The van der Waals surface area contributed by atoms with Crippen LogP contribution in [0.3, 0.4) is 0 Å². The molecule has 14 heavy (non-hydrogen) atoms. The number of hydrogen-bond donors (Lipinski definition) is 1. The van der Waals surface area contributed by atoms with Crippen LogP contribution in [0.2, 0.25) is 0 Å². The van der Waals surface area contributed by atoms with E-state index in [2.05, 4.69) is 25.7 Å². The summed E-state index contributed by atoms with van der Waals surface area (Å²) in [6.07, 6.45) is 3.53. The third-order valence-corrected chi connectivity index (χ3v) is 3.33. The minimum Gasteiger partial charge on any atom is -0.393 e. The van der Waals surface area contributed by atoms with Crippen molar-refractivity contribution in [1.82, 2.24) is 4.90 Å². The Hall–Kier alpha value is -0.150. The van der Waals surface area contributed by atoms with Crippen molar-refractivity contribution in [2.45, 2.75) is 46.1 Å². The maximum Gasteiger partial charge on any atom is 0.0733 e. The molecular weight excluding hydrogens is 192 g/mol. The SMILES string of the molecule is CCN(CC1(CC(N)=S)CC1)C(C)C. The first kappa shape index (κ1) is 11.9. The maximum atomic E-state index is 5.62. The zero-order valence-corrected chi connectivity index (χ0v) is 10.4. The molecule has 0 atom stereocenters. The molecule has 0 unspecified atom stereocenters. The Bertz CT molecular complexity index is 209. The Labute approximate surface area is 92.8 Å². The predicted octanol–water partition coefficient (Wildman–Crippen LogP) is 2.17. The van der Waals surface area contributed by atoms with Gasteiger partial charge in [0.15, 0.2) is 0 Å². The molecule has 0 aliphatic heterocycles. The third kappa shape index (κ3) is 3.21. The molecule has 1 saturated carbocycles. The van der Waals surface area contributed by atoms with Gasteiger partial charge in [-0.2, -0.15) is 0 Å². The summed E-state index contributed by atoms with van der Waals surface area (Å²) >= 11 is 5.00. The molecular formula is C11H22N2S. The molecule has 1 aliphatic carbocycles. The first-order chi connectivity index (χ1) is 6.49. The van der Waals surface area contributed by atoms with E-state index in [-0.39, 0.29) is 0 Å². The largest absolute Gasteiger partial charge is 0.393 e. The normalized spacial score (nSPS) is 18.9. The predicted molar refractivity (Wildman–Crippen MR) is 65.5 cm³/mol. The fourth-order valence-electron chi connectivity index (χ4n) is 2.03. The Morgan fingerprint density at radius 1 is 1.50 bits per heavy atom. The van der Waals surface area contributed by atoms with Crippen LogP contribution in [0.15, 0.2) is 0 Å². The van der Waals surface area contributed by atoms with E-state index < -0.39 is 0 Å². The van der Waals surface area contributed by atoms with Gasteiger partial charge in [0.2, 0.25) is 0 Å². The fourth-order valence-corrected chi connectivity index (χ4v) is 2.33. The Kier molecular flexibility index (Phi) is 3.90. The molecule has 82 valence electrons. The summed E-state index contributed by atoms with van der Waals surface area (Å²) in [7, 11) is 0. The van der Waals surface area contributed by atoms with Gasteiger partial charge in [-0.05, 0) is 38.6 Å². The second kappa shape index (κ2) is 4.58. The van der Waals surface area contributed by atoms with E-state index >= 15 is 0 Å². The minimum atomic E-state index is 0.437. The van der Waals surface area contributed by atoms with E-state index in [0.717, 1.165) is 13.0 Å². The zero-order chi connectivity index (χ0) is 10.8. The van der Waals surface area contributed by atoms with Gasteiger partial charge < -0.3 is 10.6 Å². The lowest BCUT2D eigenvalue weighted by molar-refractivity contribution is 0.189. The van der Waals surface area contributed by atoms with Crippen molar-refractivity contribution in [3.63, 3.8) is 0 Å².